The minimum Gasteiger partial charge on any atom is -0.365 e. The Balaban J connectivity index is 1.50. The highest BCUT2D eigenvalue weighted by atomic mass is 19.1. The van der Waals surface area contributed by atoms with Gasteiger partial charge in [0.25, 0.3) is 0 Å². The van der Waals surface area contributed by atoms with Gasteiger partial charge < -0.3 is 14.7 Å². The largest absolute Gasteiger partial charge is 0.365 e. The fourth-order valence-electron chi connectivity index (χ4n) is 4.07. The Morgan fingerprint density at radius 2 is 1.50 bits per heavy atom. The van der Waals surface area contributed by atoms with Crippen LogP contribution in [0.2, 0.25) is 0 Å². The number of nitriles is 1. The maximum atomic E-state index is 14.3. The molecule has 0 spiro atoms. The minimum absolute atomic E-state index is 0.335. The van der Waals surface area contributed by atoms with Gasteiger partial charge in [-0.3, -0.25) is 0 Å². The second-order valence-electron chi connectivity index (χ2n) is 7.40. The van der Waals surface area contributed by atoms with Gasteiger partial charge in [0.2, 0.25) is 0 Å². The summed E-state index contributed by atoms with van der Waals surface area (Å²) < 4.78 is 14.3. The molecule has 2 fully saturated rings. The first-order valence-corrected chi connectivity index (χ1v) is 9.95. The molecule has 28 heavy (non-hydrogen) atoms. The van der Waals surface area contributed by atoms with Crippen molar-refractivity contribution in [3.05, 3.63) is 41.5 Å². The molecule has 4 rings (SSSR count). The Kier molecular flexibility index (Phi) is 5.29. The molecule has 2 aliphatic heterocycles. The van der Waals surface area contributed by atoms with Crippen molar-refractivity contribution < 1.29 is 4.39 Å². The monoisotopic (exact) mass is 380 g/mol. The zero-order chi connectivity index (χ0) is 19.5. The lowest BCUT2D eigenvalue weighted by atomic mass is 10.1. The predicted molar refractivity (Wildman–Crippen MR) is 108 cm³/mol. The maximum Gasteiger partial charge on any atom is 0.147 e. The summed E-state index contributed by atoms with van der Waals surface area (Å²) in [5, 5.41) is 9.31. The van der Waals surface area contributed by atoms with Crippen LogP contribution in [0.15, 0.2) is 24.3 Å². The Morgan fingerprint density at radius 3 is 2.14 bits per heavy atom. The molecular formula is C21H25FN6. The first-order valence-electron chi connectivity index (χ1n) is 9.95. The minimum atomic E-state index is -0.335. The number of halogens is 1. The average Bonchev–Trinajstić information content (AvgIpc) is 2.74. The van der Waals surface area contributed by atoms with Gasteiger partial charge >= 0.3 is 0 Å². The molecule has 0 bridgehead atoms. The van der Waals surface area contributed by atoms with E-state index in [9.17, 15) is 9.65 Å². The third-order valence-electron chi connectivity index (χ3n) is 5.52. The van der Waals surface area contributed by atoms with Crippen molar-refractivity contribution in [1.29, 1.82) is 5.26 Å². The van der Waals surface area contributed by atoms with Gasteiger partial charge in [0.15, 0.2) is 0 Å². The highest BCUT2D eigenvalue weighted by Crippen LogP contribution is 2.27. The molecule has 7 heteroatoms. The number of rotatable bonds is 3. The van der Waals surface area contributed by atoms with E-state index in [4.69, 9.17) is 0 Å². The lowest BCUT2D eigenvalue weighted by Gasteiger charge is -2.37. The van der Waals surface area contributed by atoms with Gasteiger partial charge in [0, 0.05) is 45.3 Å². The average molecular weight is 380 g/mol. The highest BCUT2D eigenvalue weighted by molar-refractivity contribution is 5.61. The normalized spacial score (nSPS) is 17.5. The molecule has 6 nitrogen and oxygen atoms in total. The standard InChI is InChI=1S/C21H25FN6/c1-16-24-19(26-8-3-2-4-9-26)14-20(25-16)27-10-12-28(13-11-27)21-17(15-23)6-5-7-18(21)22/h5-7,14H,2-4,8-13H2,1H3. The summed E-state index contributed by atoms with van der Waals surface area (Å²) in [4.78, 5) is 15.8. The molecule has 0 atom stereocenters. The lowest BCUT2D eigenvalue weighted by Crippen LogP contribution is -2.47. The summed E-state index contributed by atoms with van der Waals surface area (Å²) in [6.45, 7) is 6.80. The molecule has 1 aromatic heterocycles. The molecule has 0 N–H and O–H groups in total. The van der Waals surface area contributed by atoms with Gasteiger partial charge in [-0.25, -0.2) is 14.4 Å². The van der Waals surface area contributed by atoms with Crippen LogP contribution in [0.5, 0.6) is 0 Å². The van der Waals surface area contributed by atoms with Crippen molar-refractivity contribution in [2.75, 3.05) is 54.0 Å². The first-order chi connectivity index (χ1) is 13.7. The third kappa shape index (κ3) is 3.72. The molecule has 0 radical (unpaired) electrons. The van der Waals surface area contributed by atoms with E-state index in [0.29, 0.717) is 24.3 Å². The van der Waals surface area contributed by atoms with E-state index >= 15 is 0 Å². The topological polar surface area (TPSA) is 59.3 Å². The number of piperazine rings is 1. The summed E-state index contributed by atoms with van der Waals surface area (Å²) in [7, 11) is 0. The van der Waals surface area contributed by atoms with E-state index < -0.39 is 0 Å². The SMILES string of the molecule is Cc1nc(N2CCCCC2)cc(N2CCN(c3c(F)cccc3C#N)CC2)n1. The smallest absolute Gasteiger partial charge is 0.147 e. The Morgan fingerprint density at radius 1 is 0.893 bits per heavy atom. The Labute approximate surface area is 165 Å². The molecule has 2 aliphatic rings. The number of nitrogens with zero attached hydrogens (tertiary/aromatic N) is 6. The first kappa shape index (κ1) is 18.5. The quantitative estimate of drug-likeness (QED) is 0.815. The number of aryl methyl sites for hydroxylation is 1. The third-order valence-corrected chi connectivity index (χ3v) is 5.52. The number of hydrogen-bond donors (Lipinski definition) is 0. The molecular weight excluding hydrogens is 355 g/mol. The fraction of sp³-hybridized carbons (Fsp3) is 0.476. The van der Waals surface area contributed by atoms with Crippen LogP contribution in [0.25, 0.3) is 0 Å². The summed E-state index contributed by atoms with van der Waals surface area (Å²) in [6, 6.07) is 8.86. The number of piperidine rings is 1. The number of aromatic nitrogens is 2. The zero-order valence-electron chi connectivity index (χ0n) is 16.2. The molecule has 2 saturated heterocycles. The molecule has 2 aromatic rings. The second kappa shape index (κ2) is 8.01. The van der Waals surface area contributed by atoms with Crippen LogP contribution in [-0.4, -0.2) is 49.2 Å². The van der Waals surface area contributed by atoms with Crippen molar-refractivity contribution >= 4 is 17.3 Å². The van der Waals surface area contributed by atoms with Crippen LogP contribution in [0.4, 0.5) is 21.7 Å². The van der Waals surface area contributed by atoms with Crippen molar-refractivity contribution in [2.24, 2.45) is 0 Å². The van der Waals surface area contributed by atoms with Crippen LogP contribution in [0.3, 0.4) is 0 Å². The summed E-state index contributed by atoms with van der Waals surface area (Å²) in [6.07, 6.45) is 3.71. The Hall–Kier alpha value is -2.88. The van der Waals surface area contributed by atoms with E-state index in [0.717, 1.165) is 43.6 Å². The predicted octanol–water partition coefficient (Wildman–Crippen LogP) is 3.11. The molecule has 146 valence electrons. The lowest BCUT2D eigenvalue weighted by molar-refractivity contribution is 0.571. The molecule has 0 amide bonds. The van der Waals surface area contributed by atoms with Crippen LogP contribution < -0.4 is 14.7 Å². The molecule has 0 aliphatic carbocycles. The fourth-order valence-corrected chi connectivity index (χ4v) is 4.07. The van der Waals surface area contributed by atoms with Crippen LogP contribution >= 0.6 is 0 Å². The van der Waals surface area contributed by atoms with Gasteiger partial charge in [0.1, 0.15) is 29.3 Å². The molecule has 1 aromatic carbocycles. The van der Waals surface area contributed by atoms with Crippen LogP contribution in [0, 0.1) is 24.1 Å². The Bertz CT molecular complexity index is 879. The number of anilines is 3. The van der Waals surface area contributed by atoms with E-state index in [1.165, 1.54) is 25.3 Å². The summed E-state index contributed by atoms with van der Waals surface area (Å²) in [5.41, 5.74) is 0.802. The summed E-state index contributed by atoms with van der Waals surface area (Å²) >= 11 is 0. The van der Waals surface area contributed by atoms with Crippen molar-refractivity contribution in [2.45, 2.75) is 26.2 Å². The van der Waals surface area contributed by atoms with Crippen molar-refractivity contribution in [3.63, 3.8) is 0 Å². The van der Waals surface area contributed by atoms with Crippen LogP contribution in [0.1, 0.15) is 30.7 Å². The van der Waals surface area contributed by atoms with Gasteiger partial charge in [-0.1, -0.05) is 6.07 Å². The zero-order valence-corrected chi connectivity index (χ0v) is 16.2. The van der Waals surface area contributed by atoms with E-state index in [1.54, 1.807) is 12.1 Å². The van der Waals surface area contributed by atoms with Crippen molar-refractivity contribution in [1.82, 2.24) is 9.97 Å². The van der Waals surface area contributed by atoms with E-state index in [-0.39, 0.29) is 5.82 Å². The number of para-hydroxylation sites is 1. The van der Waals surface area contributed by atoms with Crippen molar-refractivity contribution in [3.8, 4) is 6.07 Å². The van der Waals surface area contributed by atoms with E-state index in [2.05, 4.69) is 31.9 Å². The maximum absolute atomic E-state index is 14.3. The van der Waals surface area contributed by atoms with Crippen LogP contribution in [-0.2, 0) is 0 Å². The van der Waals surface area contributed by atoms with Gasteiger partial charge in [-0.2, -0.15) is 5.26 Å². The molecule has 3 heterocycles. The number of benzene rings is 1. The van der Waals surface area contributed by atoms with E-state index in [1.807, 2.05) is 11.8 Å². The van der Waals surface area contributed by atoms with Gasteiger partial charge in [-0.05, 0) is 38.3 Å². The summed E-state index contributed by atoms with van der Waals surface area (Å²) in [5.74, 6) is 2.38. The highest BCUT2D eigenvalue weighted by Gasteiger charge is 2.24. The number of hydrogen-bond acceptors (Lipinski definition) is 6. The molecule has 0 unspecified atom stereocenters. The van der Waals surface area contributed by atoms with Gasteiger partial charge in [0.05, 0.1) is 11.3 Å². The second-order valence-corrected chi connectivity index (χ2v) is 7.40. The molecule has 0 saturated carbocycles. The van der Waals surface area contributed by atoms with Gasteiger partial charge in [-0.15, -0.1) is 0 Å².